The molecule has 1 aromatic carbocycles. The van der Waals surface area contributed by atoms with E-state index >= 15 is 0 Å². The van der Waals surface area contributed by atoms with Gasteiger partial charge < -0.3 is 10.6 Å². The average molecular weight is 274 g/mol. The molecule has 1 aliphatic heterocycles. The first-order chi connectivity index (χ1) is 9.31. The van der Waals surface area contributed by atoms with Crippen molar-refractivity contribution in [3.8, 4) is 11.4 Å². The molecular formula is C13H14N4OS. The van der Waals surface area contributed by atoms with Crippen LogP contribution in [-0.4, -0.2) is 27.9 Å². The molecule has 0 bridgehead atoms. The Bertz CT molecular complexity index is 559. The van der Waals surface area contributed by atoms with Crippen LogP contribution < -0.4 is 10.6 Å². The summed E-state index contributed by atoms with van der Waals surface area (Å²) >= 11 is 1.35. The Balaban J connectivity index is 1.67. The molecule has 6 heteroatoms. The summed E-state index contributed by atoms with van der Waals surface area (Å²) in [6, 6.07) is 10.1. The standard InChI is InChI=1S/C13H14N4OS/c18-11-7-6-10(8-14-11)15-13-16-12(17-19-13)9-4-2-1-3-5-9/h1-5,10H,6-8H2,(H,14,18)(H,15,16,17). The van der Waals surface area contributed by atoms with Crippen LogP contribution in [-0.2, 0) is 4.79 Å². The largest absolute Gasteiger partial charge is 0.356 e. The second-order valence-corrected chi connectivity index (χ2v) is 5.23. The SMILES string of the molecule is O=C1CCC(Nc2nc(-c3ccccc3)ns2)CN1. The molecule has 0 aliphatic carbocycles. The van der Waals surface area contributed by atoms with Crippen LogP contribution in [0.1, 0.15) is 12.8 Å². The normalized spacial score (nSPS) is 18.9. The zero-order valence-corrected chi connectivity index (χ0v) is 11.1. The Morgan fingerprint density at radius 2 is 2.16 bits per heavy atom. The molecule has 1 aliphatic rings. The lowest BCUT2D eigenvalue weighted by Crippen LogP contribution is -2.41. The topological polar surface area (TPSA) is 66.9 Å². The highest BCUT2D eigenvalue weighted by atomic mass is 32.1. The molecule has 5 nitrogen and oxygen atoms in total. The number of hydrogen-bond acceptors (Lipinski definition) is 5. The molecule has 3 rings (SSSR count). The van der Waals surface area contributed by atoms with Crippen LogP contribution in [0.4, 0.5) is 5.13 Å². The number of hydrogen-bond donors (Lipinski definition) is 2. The number of benzene rings is 1. The number of rotatable bonds is 3. The number of aromatic nitrogens is 2. The molecule has 98 valence electrons. The Morgan fingerprint density at radius 3 is 2.89 bits per heavy atom. The summed E-state index contributed by atoms with van der Waals surface area (Å²) in [6.07, 6.45) is 1.41. The first kappa shape index (κ1) is 12.1. The van der Waals surface area contributed by atoms with Gasteiger partial charge in [-0.2, -0.15) is 9.36 Å². The van der Waals surface area contributed by atoms with Crippen LogP contribution in [0.15, 0.2) is 30.3 Å². The maximum Gasteiger partial charge on any atom is 0.220 e. The Morgan fingerprint density at radius 1 is 1.32 bits per heavy atom. The van der Waals surface area contributed by atoms with Gasteiger partial charge in [-0.05, 0) is 6.42 Å². The fraction of sp³-hybridized carbons (Fsp3) is 0.308. The molecule has 1 amide bonds. The quantitative estimate of drug-likeness (QED) is 0.897. The van der Waals surface area contributed by atoms with Crippen LogP contribution in [0.25, 0.3) is 11.4 Å². The summed E-state index contributed by atoms with van der Waals surface area (Å²) in [5, 5.41) is 6.97. The van der Waals surface area contributed by atoms with Gasteiger partial charge in [0, 0.05) is 36.1 Å². The highest BCUT2D eigenvalue weighted by molar-refractivity contribution is 7.09. The van der Waals surface area contributed by atoms with Crippen LogP contribution in [0.3, 0.4) is 0 Å². The lowest BCUT2D eigenvalue weighted by atomic mass is 10.1. The van der Waals surface area contributed by atoms with Crippen LogP contribution >= 0.6 is 11.5 Å². The van der Waals surface area contributed by atoms with Crippen molar-refractivity contribution in [1.82, 2.24) is 14.7 Å². The van der Waals surface area contributed by atoms with E-state index in [0.29, 0.717) is 13.0 Å². The van der Waals surface area contributed by atoms with E-state index in [1.54, 1.807) is 0 Å². The third-order valence-electron chi connectivity index (χ3n) is 3.05. The van der Waals surface area contributed by atoms with Gasteiger partial charge in [0.05, 0.1) is 0 Å². The van der Waals surface area contributed by atoms with E-state index in [4.69, 9.17) is 0 Å². The van der Waals surface area contributed by atoms with Gasteiger partial charge in [0.1, 0.15) is 0 Å². The Labute approximate surface area is 115 Å². The Kier molecular flexibility index (Phi) is 3.41. The van der Waals surface area contributed by atoms with E-state index in [0.717, 1.165) is 22.9 Å². The van der Waals surface area contributed by atoms with E-state index in [2.05, 4.69) is 20.0 Å². The minimum atomic E-state index is 0.125. The number of amides is 1. The molecule has 1 unspecified atom stereocenters. The van der Waals surface area contributed by atoms with E-state index in [1.807, 2.05) is 30.3 Å². The summed E-state index contributed by atoms with van der Waals surface area (Å²) in [5.74, 6) is 0.869. The van der Waals surface area contributed by atoms with Gasteiger partial charge in [0.2, 0.25) is 11.0 Å². The Hall–Kier alpha value is -1.95. The monoisotopic (exact) mass is 274 g/mol. The van der Waals surface area contributed by atoms with Crippen molar-refractivity contribution < 1.29 is 4.79 Å². The molecule has 19 heavy (non-hydrogen) atoms. The lowest BCUT2D eigenvalue weighted by Gasteiger charge is -2.22. The molecule has 1 atom stereocenters. The van der Waals surface area contributed by atoms with Gasteiger partial charge in [-0.25, -0.2) is 0 Å². The van der Waals surface area contributed by atoms with Crippen LogP contribution in [0.5, 0.6) is 0 Å². The second kappa shape index (κ2) is 5.36. The van der Waals surface area contributed by atoms with Gasteiger partial charge in [0.15, 0.2) is 5.82 Å². The molecule has 1 fully saturated rings. The number of piperidine rings is 1. The first-order valence-electron chi connectivity index (χ1n) is 6.23. The molecule has 2 aromatic rings. The third kappa shape index (κ3) is 2.90. The molecule has 2 heterocycles. The predicted molar refractivity (Wildman–Crippen MR) is 75.0 cm³/mol. The summed E-state index contributed by atoms with van der Waals surface area (Å²) in [4.78, 5) is 15.6. The fourth-order valence-electron chi connectivity index (χ4n) is 2.02. The molecule has 0 saturated carbocycles. The minimum Gasteiger partial charge on any atom is -0.356 e. The third-order valence-corrected chi connectivity index (χ3v) is 3.70. The molecule has 0 radical (unpaired) electrons. The molecular weight excluding hydrogens is 260 g/mol. The molecule has 2 N–H and O–H groups in total. The maximum absolute atomic E-state index is 11.1. The van der Waals surface area contributed by atoms with Crippen molar-refractivity contribution in [3.05, 3.63) is 30.3 Å². The first-order valence-corrected chi connectivity index (χ1v) is 7.01. The number of anilines is 1. The summed E-state index contributed by atoms with van der Waals surface area (Å²) in [6.45, 7) is 0.652. The highest BCUT2D eigenvalue weighted by Crippen LogP contribution is 2.22. The second-order valence-electron chi connectivity index (χ2n) is 4.47. The van der Waals surface area contributed by atoms with Crippen LogP contribution in [0.2, 0.25) is 0 Å². The molecule has 1 saturated heterocycles. The highest BCUT2D eigenvalue weighted by Gasteiger charge is 2.19. The van der Waals surface area contributed by atoms with Gasteiger partial charge in [-0.15, -0.1) is 0 Å². The van der Waals surface area contributed by atoms with Gasteiger partial charge in [-0.1, -0.05) is 30.3 Å². The number of nitrogens with one attached hydrogen (secondary N) is 2. The van der Waals surface area contributed by atoms with Crippen molar-refractivity contribution in [3.63, 3.8) is 0 Å². The minimum absolute atomic E-state index is 0.125. The van der Waals surface area contributed by atoms with Crippen molar-refractivity contribution in [2.75, 3.05) is 11.9 Å². The van der Waals surface area contributed by atoms with E-state index in [1.165, 1.54) is 11.5 Å². The van der Waals surface area contributed by atoms with Crippen molar-refractivity contribution >= 4 is 22.6 Å². The summed E-state index contributed by atoms with van der Waals surface area (Å²) < 4.78 is 4.35. The number of carbonyl (C=O) groups excluding carboxylic acids is 1. The number of nitrogens with zero attached hydrogens (tertiary/aromatic N) is 2. The van der Waals surface area contributed by atoms with Crippen molar-refractivity contribution in [2.45, 2.75) is 18.9 Å². The van der Waals surface area contributed by atoms with Gasteiger partial charge >= 0.3 is 0 Å². The van der Waals surface area contributed by atoms with Gasteiger partial charge in [-0.3, -0.25) is 4.79 Å². The summed E-state index contributed by atoms with van der Waals surface area (Å²) in [5.41, 5.74) is 1.02. The zero-order chi connectivity index (χ0) is 13.1. The van der Waals surface area contributed by atoms with E-state index in [9.17, 15) is 4.79 Å². The van der Waals surface area contributed by atoms with Crippen molar-refractivity contribution in [2.24, 2.45) is 0 Å². The van der Waals surface area contributed by atoms with Crippen LogP contribution in [0, 0.1) is 0 Å². The molecule has 0 spiro atoms. The molecule has 1 aromatic heterocycles. The number of carbonyl (C=O) groups is 1. The fourth-order valence-corrected chi connectivity index (χ4v) is 2.68. The van der Waals surface area contributed by atoms with Crippen molar-refractivity contribution in [1.29, 1.82) is 0 Å². The zero-order valence-electron chi connectivity index (χ0n) is 10.3. The maximum atomic E-state index is 11.1. The average Bonchev–Trinajstić information content (AvgIpc) is 2.91. The summed E-state index contributed by atoms with van der Waals surface area (Å²) in [7, 11) is 0. The smallest absolute Gasteiger partial charge is 0.220 e. The lowest BCUT2D eigenvalue weighted by molar-refractivity contribution is -0.122. The van der Waals surface area contributed by atoms with E-state index in [-0.39, 0.29) is 11.9 Å². The van der Waals surface area contributed by atoms with E-state index < -0.39 is 0 Å². The predicted octanol–water partition coefficient (Wildman–Crippen LogP) is 1.90. The van der Waals surface area contributed by atoms with Gasteiger partial charge in [0.25, 0.3) is 0 Å².